The molecule has 0 aliphatic carbocycles. The fraction of sp³-hybridized carbons (Fsp3) is 0.263. The highest BCUT2D eigenvalue weighted by molar-refractivity contribution is 5.92. The van der Waals surface area contributed by atoms with Gasteiger partial charge in [0.15, 0.2) is 0 Å². The number of alkyl halides is 3. The van der Waals surface area contributed by atoms with Crippen LogP contribution >= 0.6 is 0 Å². The fourth-order valence-corrected chi connectivity index (χ4v) is 2.31. The minimum atomic E-state index is -4.50. The summed E-state index contributed by atoms with van der Waals surface area (Å²) in [5, 5.41) is 5.02. The van der Waals surface area contributed by atoms with Gasteiger partial charge in [-0.05, 0) is 30.7 Å². The number of rotatable bonds is 7. The maximum Gasteiger partial charge on any atom is 0.416 e. The summed E-state index contributed by atoms with van der Waals surface area (Å²) < 4.78 is 42.9. The Balaban J connectivity index is 1.75. The normalized spacial score (nSPS) is 12.3. The molecule has 144 valence electrons. The van der Waals surface area contributed by atoms with E-state index in [4.69, 9.17) is 4.74 Å². The van der Waals surface area contributed by atoms with Crippen LogP contribution in [0.1, 0.15) is 24.1 Å². The van der Waals surface area contributed by atoms with Crippen molar-refractivity contribution < 1.29 is 27.5 Å². The van der Waals surface area contributed by atoms with Crippen molar-refractivity contribution in [2.24, 2.45) is 0 Å². The Bertz CT molecular complexity index is 779. The van der Waals surface area contributed by atoms with Crippen LogP contribution in [0.25, 0.3) is 0 Å². The van der Waals surface area contributed by atoms with Crippen molar-refractivity contribution in [3.8, 4) is 0 Å². The van der Waals surface area contributed by atoms with E-state index in [0.717, 1.165) is 17.7 Å². The molecule has 2 amide bonds. The summed E-state index contributed by atoms with van der Waals surface area (Å²) in [5.74, 6) is -1.06. The molecule has 2 rings (SSSR count). The number of ether oxygens (including phenoxy) is 1. The maximum absolute atomic E-state index is 12.6. The van der Waals surface area contributed by atoms with E-state index in [-0.39, 0.29) is 18.3 Å². The van der Waals surface area contributed by atoms with Crippen LogP contribution < -0.4 is 10.6 Å². The van der Waals surface area contributed by atoms with E-state index in [0.29, 0.717) is 0 Å². The Hall–Kier alpha value is -2.87. The highest BCUT2D eigenvalue weighted by Gasteiger charge is 2.30. The van der Waals surface area contributed by atoms with Gasteiger partial charge < -0.3 is 15.4 Å². The number of hydrogen-bond acceptors (Lipinski definition) is 3. The van der Waals surface area contributed by atoms with E-state index in [2.05, 4.69) is 10.6 Å². The molecule has 0 bridgehead atoms. The lowest BCUT2D eigenvalue weighted by Crippen LogP contribution is -2.31. The highest BCUT2D eigenvalue weighted by Crippen LogP contribution is 2.30. The van der Waals surface area contributed by atoms with E-state index in [1.165, 1.54) is 12.1 Å². The molecule has 2 N–H and O–H groups in total. The second-order valence-electron chi connectivity index (χ2n) is 5.82. The molecule has 0 saturated carbocycles. The lowest BCUT2D eigenvalue weighted by molar-refractivity contribution is -0.137. The Morgan fingerprint density at radius 3 is 2.33 bits per heavy atom. The third-order valence-corrected chi connectivity index (χ3v) is 3.62. The first-order valence-corrected chi connectivity index (χ1v) is 8.15. The van der Waals surface area contributed by atoms with Crippen molar-refractivity contribution in [1.82, 2.24) is 5.32 Å². The largest absolute Gasteiger partial charge is 0.416 e. The first-order chi connectivity index (χ1) is 12.8. The zero-order valence-corrected chi connectivity index (χ0v) is 14.5. The topological polar surface area (TPSA) is 67.4 Å². The van der Waals surface area contributed by atoms with E-state index < -0.39 is 30.2 Å². The van der Waals surface area contributed by atoms with Crippen molar-refractivity contribution in [1.29, 1.82) is 0 Å². The molecule has 2 aromatic rings. The average molecular weight is 380 g/mol. The molecular formula is C19H19F3N2O3. The van der Waals surface area contributed by atoms with Crippen molar-refractivity contribution in [2.45, 2.75) is 19.1 Å². The second kappa shape index (κ2) is 9.18. The molecule has 5 nitrogen and oxygen atoms in total. The van der Waals surface area contributed by atoms with Crippen molar-refractivity contribution >= 4 is 17.5 Å². The summed E-state index contributed by atoms with van der Waals surface area (Å²) in [6.45, 7) is 1.02. The van der Waals surface area contributed by atoms with E-state index >= 15 is 0 Å². The summed E-state index contributed by atoms with van der Waals surface area (Å²) >= 11 is 0. The molecule has 0 spiro atoms. The van der Waals surface area contributed by atoms with Crippen LogP contribution in [0, 0.1) is 0 Å². The van der Waals surface area contributed by atoms with Crippen LogP contribution in [0.4, 0.5) is 18.9 Å². The lowest BCUT2D eigenvalue weighted by atomic mass is 10.1. The summed E-state index contributed by atoms with van der Waals surface area (Å²) in [6.07, 6.45) is -4.50. The van der Waals surface area contributed by atoms with Gasteiger partial charge in [0.25, 0.3) is 0 Å². The monoisotopic (exact) mass is 380 g/mol. The van der Waals surface area contributed by atoms with E-state index in [9.17, 15) is 22.8 Å². The predicted octanol–water partition coefficient (Wildman–Crippen LogP) is 3.54. The molecule has 27 heavy (non-hydrogen) atoms. The minimum Gasteiger partial charge on any atom is -0.362 e. The average Bonchev–Trinajstić information content (AvgIpc) is 2.62. The van der Waals surface area contributed by atoms with Crippen LogP contribution in [0.2, 0.25) is 0 Å². The molecule has 0 aromatic heterocycles. The zero-order valence-electron chi connectivity index (χ0n) is 14.5. The van der Waals surface area contributed by atoms with Gasteiger partial charge in [0, 0.05) is 5.69 Å². The van der Waals surface area contributed by atoms with Gasteiger partial charge >= 0.3 is 6.18 Å². The summed E-state index contributed by atoms with van der Waals surface area (Å²) in [6, 6.07) is 13.4. The van der Waals surface area contributed by atoms with E-state index in [1.807, 2.05) is 37.3 Å². The van der Waals surface area contributed by atoms with Gasteiger partial charge in [0.05, 0.1) is 11.6 Å². The first kappa shape index (κ1) is 20.4. The first-order valence-electron chi connectivity index (χ1n) is 8.15. The Kier molecular flexibility index (Phi) is 6.95. The smallest absolute Gasteiger partial charge is 0.362 e. The summed E-state index contributed by atoms with van der Waals surface area (Å²) in [4.78, 5) is 23.6. The van der Waals surface area contributed by atoms with Gasteiger partial charge in [-0.2, -0.15) is 13.2 Å². The van der Waals surface area contributed by atoms with Crippen LogP contribution in [-0.4, -0.2) is 25.0 Å². The van der Waals surface area contributed by atoms with E-state index in [1.54, 1.807) is 0 Å². The number of carbonyl (C=O) groups excluding carboxylic acids is 2. The minimum absolute atomic E-state index is 0.000534. The zero-order chi connectivity index (χ0) is 19.9. The molecule has 2 aromatic carbocycles. The van der Waals surface area contributed by atoms with Gasteiger partial charge in [-0.3, -0.25) is 9.59 Å². The van der Waals surface area contributed by atoms with Gasteiger partial charge in [-0.25, -0.2) is 0 Å². The Morgan fingerprint density at radius 2 is 1.67 bits per heavy atom. The Morgan fingerprint density at radius 1 is 1.00 bits per heavy atom. The number of benzene rings is 2. The van der Waals surface area contributed by atoms with Crippen LogP contribution in [-0.2, 0) is 20.5 Å². The lowest BCUT2D eigenvalue weighted by Gasteiger charge is -2.14. The number of halogens is 3. The van der Waals surface area contributed by atoms with Crippen molar-refractivity contribution in [3.63, 3.8) is 0 Å². The standard InChI is InChI=1S/C19H19F3N2O3/c1-13(14-6-3-2-4-7-14)23-17(25)11-27-12-18(26)24-16-9-5-8-15(10-16)19(20,21)22/h2-10,13H,11-12H2,1H3,(H,23,25)(H,24,26)/t13-/m0/s1. The number of hydrogen-bond donors (Lipinski definition) is 2. The summed E-state index contributed by atoms with van der Waals surface area (Å²) in [5.41, 5.74) is 0.0595. The summed E-state index contributed by atoms with van der Waals surface area (Å²) in [7, 11) is 0. The van der Waals surface area contributed by atoms with Crippen molar-refractivity contribution in [2.75, 3.05) is 18.5 Å². The highest BCUT2D eigenvalue weighted by atomic mass is 19.4. The molecule has 0 aliphatic rings. The third kappa shape index (κ3) is 6.74. The third-order valence-electron chi connectivity index (χ3n) is 3.62. The molecule has 0 aliphatic heterocycles. The van der Waals surface area contributed by atoms with Gasteiger partial charge in [-0.15, -0.1) is 0 Å². The van der Waals surface area contributed by atoms with Gasteiger partial charge in [-0.1, -0.05) is 36.4 Å². The predicted molar refractivity (Wildman–Crippen MR) is 93.9 cm³/mol. The quantitative estimate of drug-likeness (QED) is 0.772. The second-order valence-corrected chi connectivity index (χ2v) is 5.82. The van der Waals surface area contributed by atoms with Crippen LogP contribution in [0.3, 0.4) is 0 Å². The number of amides is 2. The molecule has 0 fully saturated rings. The SMILES string of the molecule is C[C@H](NC(=O)COCC(=O)Nc1cccc(C(F)(F)F)c1)c1ccccc1. The van der Waals surface area contributed by atoms with Crippen LogP contribution in [0.5, 0.6) is 0 Å². The van der Waals surface area contributed by atoms with Crippen molar-refractivity contribution in [3.05, 3.63) is 65.7 Å². The number of anilines is 1. The number of nitrogens with one attached hydrogen (secondary N) is 2. The molecule has 1 atom stereocenters. The molecular weight excluding hydrogens is 361 g/mol. The van der Waals surface area contributed by atoms with Gasteiger partial charge in [0.2, 0.25) is 11.8 Å². The molecule has 0 heterocycles. The fourth-order valence-electron chi connectivity index (χ4n) is 2.31. The molecule has 0 radical (unpaired) electrons. The van der Waals surface area contributed by atoms with Crippen LogP contribution in [0.15, 0.2) is 54.6 Å². The molecule has 8 heteroatoms. The molecule has 0 saturated heterocycles. The maximum atomic E-state index is 12.6. The molecule has 0 unspecified atom stereocenters. The van der Waals surface area contributed by atoms with Gasteiger partial charge in [0.1, 0.15) is 13.2 Å². The number of carbonyl (C=O) groups is 2. The Labute approximate surface area is 154 Å².